The van der Waals surface area contributed by atoms with E-state index in [0.29, 0.717) is 17.5 Å². The van der Waals surface area contributed by atoms with Crippen LogP contribution >= 0.6 is 11.8 Å². The van der Waals surface area contributed by atoms with E-state index in [1.807, 2.05) is 0 Å². The molecule has 0 aromatic rings. The highest BCUT2D eigenvalue weighted by atomic mass is 32.2. The van der Waals surface area contributed by atoms with Crippen LogP contribution in [0.1, 0.15) is 39.5 Å². The summed E-state index contributed by atoms with van der Waals surface area (Å²) in [6, 6.07) is 0. The van der Waals surface area contributed by atoms with Crippen molar-refractivity contribution in [2.75, 3.05) is 32.0 Å². The summed E-state index contributed by atoms with van der Waals surface area (Å²) in [6.45, 7) is 7.33. The van der Waals surface area contributed by atoms with Gasteiger partial charge in [0, 0.05) is 18.4 Å². The van der Waals surface area contributed by atoms with Crippen LogP contribution in [-0.4, -0.2) is 48.3 Å². The molecule has 3 N–H and O–H groups in total. The molecule has 1 rings (SSSR count). The van der Waals surface area contributed by atoms with Gasteiger partial charge in [-0.3, -0.25) is 4.79 Å². The Morgan fingerprint density at radius 3 is 2.74 bits per heavy atom. The van der Waals surface area contributed by atoms with Crippen molar-refractivity contribution in [1.82, 2.24) is 10.6 Å². The summed E-state index contributed by atoms with van der Waals surface area (Å²) in [5.74, 6) is 0.710. The zero-order chi connectivity index (χ0) is 14.1. The van der Waals surface area contributed by atoms with Gasteiger partial charge in [0.2, 0.25) is 5.91 Å². The van der Waals surface area contributed by atoms with Crippen LogP contribution in [0.4, 0.5) is 0 Å². The van der Waals surface area contributed by atoms with Gasteiger partial charge in [-0.25, -0.2) is 0 Å². The minimum atomic E-state index is 0.0673. The maximum Gasteiger partial charge on any atom is 0.230 e. The van der Waals surface area contributed by atoms with Crippen molar-refractivity contribution in [3.05, 3.63) is 0 Å². The maximum absolute atomic E-state index is 11.8. The number of piperidine rings is 1. The van der Waals surface area contributed by atoms with Crippen molar-refractivity contribution in [2.24, 2.45) is 5.41 Å². The molecule has 1 saturated heterocycles. The average molecular weight is 288 g/mol. The van der Waals surface area contributed by atoms with Gasteiger partial charge >= 0.3 is 0 Å². The summed E-state index contributed by atoms with van der Waals surface area (Å²) >= 11 is 1.78. The molecule has 1 heterocycles. The van der Waals surface area contributed by atoms with Gasteiger partial charge < -0.3 is 15.7 Å². The zero-order valence-corrected chi connectivity index (χ0v) is 13.0. The van der Waals surface area contributed by atoms with Gasteiger partial charge in [0.1, 0.15) is 0 Å². The number of nitrogens with one attached hydrogen (secondary N) is 2. The predicted octanol–water partition coefficient (Wildman–Crippen LogP) is 1.39. The fourth-order valence-electron chi connectivity index (χ4n) is 2.19. The Kier molecular flexibility index (Phi) is 7.80. The van der Waals surface area contributed by atoms with Gasteiger partial charge in [-0.2, -0.15) is 0 Å². The Bertz CT molecular complexity index is 266. The number of hydrogen-bond donors (Lipinski definition) is 3. The third-order valence-corrected chi connectivity index (χ3v) is 4.88. The molecule has 0 aromatic carbocycles. The Morgan fingerprint density at radius 1 is 1.42 bits per heavy atom. The molecule has 5 heteroatoms. The van der Waals surface area contributed by atoms with E-state index in [-0.39, 0.29) is 17.9 Å². The van der Waals surface area contributed by atoms with Crippen LogP contribution in [0, 0.1) is 5.41 Å². The lowest BCUT2D eigenvalue weighted by Crippen LogP contribution is -2.36. The monoisotopic (exact) mass is 288 g/mol. The lowest BCUT2D eigenvalue weighted by molar-refractivity contribution is -0.119. The fraction of sp³-hybridized carbons (Fsp3) is 0.929. The first-order valence-electron chi connectivity index (χ1n) is 7.23. The molecule has 19 heavy (non-hydrogen) atoms. The molecule has 0 aliphatic carbocycles. The Labute approximate surface area is 121 Å². The second-order valence-corrected chi connectivity index (χ2v) is 7.32. The highest BCUT2D eigenvalue weighted by Crippen LogP contribution is 2.22. The Morgan fingerprint density at radius 2 is 2.11 bits per heavy atom. The van der Waals surface area contributed by atoms with Crippen LogP contribution in [0.25, 0.3) is 0 Å². The molecule has 0 aromatic heterocycles. The van der Waals surface area contributed by atoms with E-state index in [4.69, 9.17) is 5.11 Å². The molecule has 0 unspecified atom stereocenters. The fourth-order valence-corrected chi connectivity index (χ4v) is 3.25. The zero-order valence-electron chi connectivity index (χ0n) is 12.2. The molecule has 1 fully saturated rings. The van der Waals surface area contributed by atoms with E-state index < -0.39 is 0 Å². The second-order valence-electron chi connectivity index (χ2n) is 6.03. The van der Waals surface area contributed by atoms with Crippen molar-refractivity contribution in [2.45, 2.75) is 44.8 Å². The molecule has 0 radical (unpaired) electrons. The Balaban J connectivity index is 2.12. The summed E-state index contributed by atoms with van der Waals surface area (Å²) in [5.41, 5.74) is 0.0673. The first-order valence-corrected chi connectivity index (χ1v) is 8.28. The van der Waals surface area contributed by atoms with Gasteiger partial charge in [-0.15, -0.1) is 11.8 Å². The first-order chi connectivity index (χ1) is 9.03. The number of rotatable bonds is 8. The molecule has 112 valence electrons. The normalized spacial score (nSPS) is 17.4. The van der Waals surface area contributed by atoms with E-state index in [9.17, 15) is 4.79 Å². The third-order valence-electron chi connectivity index (χ3n) is 3.51. The van der Waals surface area contributed by atoms with Crippen molar-refractivity contribution in [3.63, 3.8) is 0 Å². The van der Waals surface area contributed by atoms with Crippen molar-refractivity contribution in [3.8, 4) is 0 Å². The van der Waals surface area contributed by atoms with E-state index in [0.717, 1.165) is 25.9 Å². The second kappa shape index (κ2) is 8.82. The van der Waals surface area contributed by atoms with Gasteiger partial charge in [0.15, 0.2) is 0 Å². The highest BCUT2D eigenvalue weighted by molar-refractivity contribution is 8.00. The largest absolute Gasteiger partial charge is 0.396 e. The summed E-state index contributed by atoms with van der Waals surface area (Å²) in [4.78, 5) is 11.8. The first kappa shape index (κ1) is 16.8. The van der Waals surface area contributed by atoms with Crippen LogP contribution in [0.3, 0.4) is 0 Å². The van der Waals surface area contributed by atoms with E-state index in [2.05, 4.69) is 24.5 Å². The standard InChI is InChI=1S/C14H28N2O2S/c1-14(2,6-3-9-17)11-16-13(18)10-19-12-4-7-15-8-5-12/h12,15,17H,3-11H2,1-2H3,(H,16,18). The lowest BCUT2D eigenvalue weighted by atomic mass is 9.88. The SMILES string of the molecule is CC(C)(CCCO)CNC(=O)CSC1CCNCC1. The number of thioether (sulfide) groups is 1. The molecule has 4 nitrogen and oxygen atoms in total. The van der Waals surface area contributed by atoms with E-state index >= 15 is 0 Å². The summed E-state index contributed by atoms with van der Waals surface area (Å²) in [5, 5.41) is 15.8. The van der Waals surface area contributed by atoms with Crippen LogP contribution < -0.4 is 10.6 Å². The number of carbonyl (C=O) groups is 1. The van der Waals surface area contributed by atoms with Crippen molar-refractivity contribution in [1.29, 1.82) is 0 Å². The maximum atomic E-state index is 11.8. The summed E-state index contributed by atoms with van der Waals surface area (Å²) in [7, 11) is 0. The lowest BCUT2D eigenvalue weighted by Gasteiger charge is -2.25. The Hall–Kier alpha value is -0.260. The van der Waals surface area contributed by atoms with Gasteiger partial charge in [0.05, 0.1) is 5.75 Å². The van der Waals surface area contributed by atoms with E-state index in [1.54, 1.807) is 11.8 Å². The third kappa shape index (κ3) is 7.80. The quantitative estimate of drug-likeness (QED) is 0.631. The summed E-state index contributed by atoms with van der Waals surface area (Å²) < 4.78 is 0. The molecule has 1 aliphatic rings. The van der Waals surface area contributed by atoms with Crippen LogP contribution in [0.2, 0.25) is 0 Å². The number of carbonyl (C=O) groups excluding carboxylic acids is 1. The molecule has 0 bridgehead atoms. The average Bonchev–Trinajstić information content (AvgIpc) is 2.42. The van der Waals surface area contributed by atoms with Gasteiger partial charge in [0.25, 0.3) is 0 Å². The number of aliphatic hydroxyl groups excluding tert-OH is 1. The van der Waals surface area contributed by atoms with E-state index in [1.165, 1.54) is 12.8 Å². The highest BCUT2D eigenvalue weighted by Gasteiger charge is 2.19. The minimum absolute atomic E-state index is 0.0673. The molecule has 0 saturated carbocycles. The van der Waals surface area contributed by atoms with Crippen LogP contribution in [-0.2, 0) is 4.79 Å². The van der Waals surface area contributed by atoms with Crippen molar-refractivity contribution < 1.29 is 9.90 Å². The van der Waals surface area contributed by atoms with Crippen molar-refractivity contribution >= 4 is 17.7 Å². The number of aliphatic hydroxyl groups is 1. The van der Waals surface area contributed by atoms with Gasteiger partial charge in [-0.1, -0.05) is 13.8 Å². The predicted molar refractivity (Wildman–Crippen MR) is 81.5 cm³/mol. The summed E-state index contributed by atoms with van der Waals surface area (Å²) in [6.07, 6.45) is 4.07. The minimum Gasteiger partial charge on any atom is -0.396 e. The molecule has 0 atom stereocenters. The van der Waals surface area contributed by atoms with Gasteiger partial charge in [-0.05, 0) is 44.2 Å². The molecule has 1 aliphatic heterocycles. The smallest absolute Gasteiger partial charge is 0.230 e. The van der Waals surface area contributed by atoms with Crippen LogP contribution in [0.5, 0.6) is 0 Å². The number of amides is 1. The molecular weight excluding hydrogens is 260 g/mol. The topological polar surface area (TPSA) is 61.4 Å². The molecule has 0 spiro atoms. The number of hydrogen-bond acceptors (Lipinski definition) is 4. The molecule has 1 amide bonds. The molecular formula is C14H28N2O2S. The van der Waals surface area contributed by atoms with Crippen LogP contribution in [0.15, 0.2) is 0 Å².